The molecule has 0 spiro atoms. The van der Waals surface area contributed by atoms with Crippen molar-refractivity contribution in [2.75, 3.05) is 20.6 Å². The van der Waals surface area contributed by atoms with Gasteiger partial charge >= 0.3 is 0 Å². The molecule has 1 saturated carbocycles. The number of aliphatic imine (C=N–C) groups is 1. The van der Waals surface area contributed by atoms with Crippen LogP contribution in [0.15, 0.2) is 29.3 Å². The maximum Gasteiger partial charge on any atom is 0.251 e. The molecule has 0 aliphatic heterocycles. The van der Waals surface area contributed by atoms with Gasteiger partial charge in [0, 0.05) is 32.2 Å². The van der Waals surface area contributed by atoms with Crippen LogP contribution in [-0.2, 0) is 6.42 Å². The number of rotatable bonds is 7. The van der Waals surface area contributed by atoms with Crippen LogP contribution in [-0.4, -0.2) is 38.5 Å². The number of carbonyl (C=O) groups excluding carboxylic acids is 1. The molecule has 27 heavy (non-hydrogen) atoms. The highest BCUT2D eigenvalue weighted by Crippen LogP contribution is 2.31. The Morgan fingerprint density at radius 3 is 2.63 bits per heavy atom. The Kier molecular flexibility index (Phi) is 8.62. The van der Waals surface area contributed by atoms with Crippen molar-refractivity contribution in [3.63, 3.8) is 0 Å². The summed E-state index contributed by atoms with van der Waals surface area (Å²) in [4.78, 5) is 16.1. The quantitative estimate of drug-likeness (QED) is 0.508. The monoisotopic (exact) mass is 372 g/mol. The molecule has 0 radical (unpaired) electrons. The van der Waals surface area contributed by atoms with Crippen molar-refractivity contribution in [3.8, 4) is 0 Å². The molecular formula is C22H36N4O. The van der Waals surface area contributed by atoms with E-state index < -0.39 is 0 Å². The first-order chi connectivity index (χ1) is 13.0. The number of hydrogen-bond donors (Lipinski definition) is 3. The Morgan fingerprint density at radius 2 is 1.96 bits per heavy atom. The summed E-state index contributed by atoms with van der Waals surface area (Å²) < 4.78 is 0. The summed E-state index contributed by atoms with van der Waals surface area (Å²) in [7, 11) is 3.47. The number of nitrogens with one attached hydrogen (secondary N) is 3. The normalized spacial score (nSPS) is 17.9. The van der Waals surface area contributed by atoms with Gasteiger partial charge in [-0.2, -0.15) is 0 Å². The fourth-order valence-corrected chi connectivity index (χ4v) is 3.95. The second-order valence-corrected chi connectivity index (χ2v) is 7.72. The van der Waals surface area contributed by atoms with E-state index in [4.69, 9.17) is 0 Å². The Labute approximate surface area is 164 Å². The molecule has 0 aromatic heterocycles. The Balaban J connectivity index is 1.80. The molecule has 2 unspecified atom stereocenters. The molecule has 1 amide bonds. The fourth-order valence-electron chi connectivity index (χ4n) is 3.95. The van der Waals surface area contributed by atoms with E-state index in [1.54, 1.807) is 7.05 Å². The Hall–Kier alpha value is -2.04. The third kappa shape index (κ3) is 6.56. The van der Waals surface area contributed by atoms with E-state index in [1.165, 1.54) is 32.1 Å². The smallest absolute Gasteiger partial charge is 0.251 e. The topological polar surface area (TPSA) is 65.5 Å². The van der Waals surface area contributed by atoms with Gasteiger partial charge in [0.05, 0.1) is 0 Å². The SMILES string of the molecule is CN=C(NCCc1cccc(C(=O)NC)c1)NC(C)C(C)C1CCCCC1. The predicted molar refractivity (Wildman–Crippen MR) is 113 cm³/mol. The maximum absolute atomic E-state index is 11.8. The van der Waals surface area contributed by atoms with Crippen LogP contribution in [0.1, 0.15) is 61.9 Å². The third-order valence-corrected chi connectivity index (χ3v) is 5.89. The first-order valence-corrected chi connectivity index (χ1v) is 10.3. The van der Waals surface area contributed by atoms with E-state index in [-0.39, 0.29) is 5.91 Å². The van der Waals surface area contributed by atoms with E-state index in [1.807, 2.05) is 25.2 Å². The fraction of sp³-hybridized carbons (Fsp3) is 0.636. The summed E-state index contributed by atoms with van der Waals surface area (Å²) in [6.07, 6.45) is 7.73. The molecule has 2 rings (SSSR count). The van der Waals surface area contributed by atoms with E-state index >= 15 is 0 Å². The van der Waals surface area contributed by atoms with Crippen molar-refractivity contribution >= 4 is 11.9 Å². The van der Waals surface area contributed by atoms with Crippen molar-refractivity contribution in [1.29, 1.82) is 0 Å². The third-order valence-electron chi connectivity index (χ3n) is 5.89. The zero-order valence-electron chi connectivity index (χ0n) is 17.3. The number of nitrogens with zero attached hydrogens (tertiary/aromatic N) is 1. The molecule has 150 valence electrons. The molecule has 3 N–H and O–H groups in total. The van der Waals surface area contributed by atoms with Gasteiger partial charge in [0.1, 0.15) is 0 Å². The number of carbonyl (C=O) groups is 1. The lowest BCUT2D eigenvalue weighted by atomic mass is 9.78. The molecule has 0 heterocycles. The summed E-state index contributed by atoms with van der Waals surface area (Å²) >= 11 is 0. The summed E-state index contributed by atoms with van der Waals surface area (Å²) in [5.74, 6) is 2.28. The lowest BCUT2D eigenvalue weighted by Crippen LogP contribution is -2.46. The van der Waals surface area contributed by atoms with Crippen molar-refractivity contribution in [1.82, 2.24) is 16.0 Å². The van der Waals surface area contributed by atoms with Gasteiger partial charge in [-0.25, -0.2) is 0 Å². The zero-order valence-corrected chi connectivity index (χ0v) is 17.3. The lowest BCUT2D eigenvalue weighted by Gasteiger charge is -2.32. The standard InChI is InChI=1S/C22H36N4O/c1-16(19-10-6-5-7-11-19)17(2)26-22(24-4)25-14-13-18-9-8-12-20(15-18)21(27)23-3/h8-9,12,15-17,19H,5-7,10-11,13-14H2,1-4H3,(H,23,27)(H2,24,25,26). The van der Waals surface area contributed by atoms with E-state index in [0.717, 1.165) is 30.4 Å². The summed E-state index contributed by atoms with van der Waals surface area (Å²) in [6, 6.07) is 8.17. The highest BCUT2D eigenvalue weighted by Gasteiger charge is 2.24. The van der Waals surface area contributed by atoms with Gasteiger partial charge in [0.15, 0.2) is 5.96 Å². The molecule has 1 fully saturated rings. The van der Waals surface area contributed by atoms with Crippen LogP contribution in [0, 0.1) is 11.8 Å². The minimum absolute atomic E-state index is 0.0483. The van der Waals surface area contributed by atoms with Crippen molar-refractivity contribution in [2.45, 2.75) is 58.4 Å². The lowest BCUT2D eigenvalue weighted by molar-refractivity contribution is 0.0963. The van der Waals surface area contributed by atoms with Crippen LogP contribution in [0.3, 0.4) is 0 Å². The molecular weight excluding hydrogens is 336 g/mol. The van der Waals surface area contributed by atoms with E-state index in [2.05, 4.69) is 40.9 Å². The van der Waals surface area contributed by atoms with Gasteiger partial charge in [-0.05, 0) is 42.9 Å². The highest BCUT2D eigenvalue weighted by molar-refractivity contribution is 5.94. The highest BCUT2D eigenvalue weighted by atomic mass is 16.1. The Bertz CT molecular complexity index is 622. The minimum atomic E-state index is -0.0483. The molecule has 1 aromatic carbocycles. The van der Waals surface area contributed by atoms with Crippen LogP contribution in [0.2, 0.25) is 0 Å². The largest absolute Gasteiger partial charge is 0.356 e. The molecule has 1 aliphatic carbocycles. The second kappa shape index (κ2) is 11.0. The van der Waals surface area contributed by atoms with Crippen LogP contribution >= 0.6 is 0 Å². The first-order valence-electron chi connectivity index (χ1n) is 10.3. The van der Waals surface area contributed by atoms with Crippen LogP contribution < -0.4 is 16.0 Å². The van der Waals surface area contributed by atoms with Gasteiger partial charge in [0.25, 0.3) is 5.91 Å². The minimum Gasteiger partial charge on any atom is -0.356 e. The van der Waals surface area contributed by atoms with Crippen LogP contribution in [0.4, 0.5) is 0 Å². The van der Waals surface area contributed by atoms with Gasteiger partial charge in [-0.1, -0.05) is 51.2 Å². The van der Waals surface area contributed by atoms with Gasteiger partial charge in [-0.3, -0.25) is 9.79 Å². The first kappa shape index (κ1) is 21.3. The molecule has 1 aromatic rings. The van der Waals surface area contributed by atoms with Crippen molar-refractivity contribution < 1.29 is 4.79 Å². The summed E-state index contributed by atoms with van der Waals surface area (Å²) in [6.45, 7) is 5.41. The average molecular weight is 373 g/mol. The van der Waals surface area contributed by atoms with Gasteiger partial charge in [-0.15, -0.1) is 0 Å². The summed E-state index contributed by atoms with van der Waals surface area (Å²) in [5, 5.41) is 9.64. The van der Waals surface area contributed by atoms with E-state index in [0.29, 0.717) is 17.5 Å². The van der Waals surface area contributed by atoms with Gasteiger partial charge in [0.2, 0.25) is 0 Å². The summed E-state index contributed by atoms with van der Waals surface area (Å²) in [5.41, 5.74) is 1.84. The van der Waals surface area contributed by atoms with Crippen molar-refractivity contribution in [2.24, 2.45) is 16.8 Å². The maximum atomic E-state index is 11.8. The molecule has 0 bridgehead atoms. The number of hydrogen-bond acceptors (Lipinski definition) is 2. The van der Waals surface area contributed by atoms with Crippen molar-refractivity contribution in [3.05, 3.63) is 35.4 Å². The van der Waals surface area contributed by atoms with Crippen LogP contribution in [0.25, 0.3) is 0 Å². The number of amides is 1. The van der Waals surface area contributed by atoms with E-state index in [9.17, 15) is 4.79 Å². The predicted octanol–water partition coefficient (Wildman–Crippen LogP) is 3.36. The van der Waals surface area contributed by atoms with Gasteiger partial charge < -0.3 is 16.0 Å². The zero-order chi connectivity index (χ0) is 19.6. The molecule has 0 saturated heterocycles. The Morgan fingerprint density at radius 1 is 1.22 bits per heavy atom. The van der Waals surface area contributed by atoms with Crippen LogP contribution in [0.5, 0.6) is 0 Å². The average Bonchev–Trinajstić information content (AvgIpc) is 2.72. The number of guanidine groups is 1. The number of benzene rings is 1. The molecule has 1 aliphatic rings. The molecule has 5 nitrogen and oxygen atoms in total. The molecule has 5 heteroatoms. The molecule has 2 atom stereocenters. The second-order valence-electron chi connectivity index (χ2n) is 7.72.